The summed E-state index contributed by atoms with van der Waals surface area (Å²) in [4.78, 5) is 29.1. The number of carbonyl (C=O) groups is 2. The number of benzene rings is 4. The van der Waals surface area contributed by atoms with Crippen LogP contribution in [0.5, 0.6) is 0 Å². The van der Waals surface area contributed by atoms with Gasteiger partial charge in [0.15, 0.2) is 18.9 Å². The van der Waals surface area contributed by atoms with Crippen molar-refractivity contribution in [2.24, 2.45) is 0 Å². The first-order valence-electron chi connectivity index (χ1n) is 18.3. The molecule has 0 aromatic heterocycles. The van der Waals surface area contributed by atoms with Crippen molar-refractivity contribution in [3.63, 3.8) is 0 Å². The Hall–Kier alpha value is -4.38. The van der Waals surface area contributed by atoms with Gasteiger partial charge in [-0.25, -0.2) is 0 Å². The number of hydrogen-bond donors (Lipinski definition) is 2. The number of rotatable bonds is 12. The highest BCUT2D eigenvalue weighted by molar-refractivity contribution is 6.21. The van der Waals surface area contributed by atoms with Crippen molar-refractivity contribution in [1.29, 1.82) is 0 Å². The number of imide groups is 1. The average Bonchev–Trinajstić information content (AvgIpc) is 3.48. The topological polar surface area (TPSA) is 152 Å². The highest BCUT2D eigenvalue weighted by atomic mass is 16.8. The third-order valence-electron chi connectivity index (χ3n) is 10.3. The van der Waals surface area contributed by atoms with Gasteiger partial charge in [0.25, 0.3) is 11.8 Å². The van der Waals surface area contributed by atoms with E-state index >= 15 is 0 Å². The zero-order chi connectivity index (χ0) is 37.9. The molecule has 4 aliphatic rings. The summed E-state index contributed by atoms with van der Waals surface area (Å²) in [5, 5.41) is 23.0. The molecular formula is C42H43NO12. The predicted molar refractivity (Wildman–Crippen MR) is 193 cm³/mol. The molecular weight excluding hydrogens is 710 g/mol. The molecule has 2 amide bonds. The first kappa shape index (κ1) is 37.5. The third kappa shape index (κ3) is 7.73. The first-order valence-corrected chi connectivity index (χ1v) is 18.3. The Kier molecular flexibility index (Phi) is 11.4. The minimum Gasteiger partial charge on any atom is -0.387 e. The molecule has 0 bridgehead atoms. The summed E-state index contributed by atoms with van der Waals surface area (Å²) in [5.41, 5.74) is 2.97. The minimum absolute atomic E-state index is 0.0377. The van der Waals surface area contributed by atoms with E-state index in [0.717, 1.165) is 21.6 Å². The molecule has 0 saturated carbocycles. The molecule has 11 atom stereocenters. The van der Waals surface area contributed by atoms with Crippen LogP contribution in [0.4, 0.5) is 0 Å². The molecule has 0 spiro atoms. The van der Waals surface area contributed by atoms with Crippen LogP contribution in [0.15, 0.2) is 115 Å². The van der Waals surface area contributed by atoms with Crippen LogP contribution in [0.1, 0.15) is 43.7 Å². The van der Waals surface area contributed by atoms with Crippen LogP contribution in [0.3, 0.4) is 0 Å². The number of aliphatic hydroxyl groups excluding tert-OH is 2. The van der Waals surface area contributed by atoms with Crippen LogP contribution in [-0.4, -0.2) is 109 Å². The summed E-state index contributed by atoms with van der Waals surface area (Å²) in [6.07, 6.45) is -11.4. The molecule has 4 heterocycles. The molecule has 2 N–H and O–H groups in total. The average molecular weight is 754 g/mol. The van der Waals surface area contributed by atoms with E-state index in [1.807, 2.05) is 91.0 Å². The van der Waals surface area contributed by atoms with Crippen molar-refractivity contribution in [3.8, 4) is 0 Å². The second-order valence-electron chi connectivity index (χ2n) is 13.9. The smallest absolute Gasteiger partial charge is 0.262 e. The maximum absolute atomic E-state index is 14.0. The van der Waals surface area contributed by atoms with E-state index in [9.17, 15) is 19.8 Å². The Bertz CT molecular complexity index is 1860. The fourth-order valence-corrected chi connectivity index (χ4v) is 7.58. The lowest BCUT2D eigenvalue weighted by molar-refractivity contribution is -0.383. The van der Waals surface area contributed by atoms with Gasteiger partial charge in [-0.3, -0.25) is 14.5 Å². The summed E-state index contributed by atoms with van der Waals surface area (Å²) < 4.78 is 50.2. The summed E-state index contributed by atoms with van der Waals surface area (Å²) >= 11 is 0. The van der Waals surface area contributed by atoms with Crippen molar-refractivity contribution >= 4 is 11.8 Å². The lowest BCUT2D eigenvalue weighted by Gasteiger charge is -2.51. The molecule has 13 nitrogen and oxygen atoms in total. The summed E-state index contributed by atoms with van der Waals surface area (Å²) in [7, 11) is 1.42. The van der Waals surface area contributed by atoms with Gasteiger partial charge >= 0.3 is 0 Å². The number of carbonyl (C=O) groups excluding carboxylic acids is 2. The van der Waals surface area contributed by atoms with Crippen LogP contribution in [0.2, 0.25) is 0 Å². The SMILES string of the molecule is CO[C@@H]1O[C@H](COCc2ccccc2)[C@@H](O[C@@H]2O[C@@H]3CO[C@H](c4ccccc4)O[C@@H]3[C@H](O)[C@H]2O)[C@H](OCc2ccccc2)[C@H]1N1C(=O)c2ccccc2C1=O. The predicted octanol–water partition coefficient (Wildman–Crippen LogP) is 3.77. The number of fused-ring (bicyclic) bond motifs is 2. The van der Waals surface area contributed by atoms with E-state index in [1.54, 1.807) is 24.3 Å². The quantitative estimate of drug-likeness (QED) is 0.203. The van der Waals surface area contributed by atoms with Gasteiger partial charge in [0, 0.05) is 12.7 Å². The van der Waals surface area contributed by atoms with Crippen LogP contribution in [-0.2, 0) is 51.1 Å². The van der Waals surface area contributed by atoms with Gasteiger partial charge in [-0.05, 0) is 23.3 Å². The second-order valence-corrected chi connectivity index (χ2v) is 13.9. The molecule has 0 aliphatic carbocycles. The van der Waals surface area contributed by atoms with Crippen molar-refractivity contribution in [2.75, 3.05) is 20.3 Å². The lowest BCUT2D eigenvalue weighted by atomic mass is 9.93. The van der Waals surface area contributed by atoms with Gasteiger partial charge < -0.3 is 48.1 Å². The summed E-state index contributed by atoms with van der Waals surface area (Å²) in [6, 6.07) is 33.7. The molecule has 288 valence electrons. The second kappa shape index (κ2) is 16.8. The number of amides is 2. The van der Waals surface area contributed by atoms with Gasteiger partial charge in [0.2, 0.25) is 0 Å². The minimum atomic E-state index is -1.59. The summed E-state index contributed by atoms with van der Waals surface area (Å²) in [5.74, 6) is -1.09. The van der Waals surface area contributed by atoms with Gasteiger partial charge in [0.1, 0.15) is 48.8 Å². The maximum atomic E-state index is 14.0. The monoisotopic (exact) mass is 753 g/mol. The van der Waals surface area contributed by atoms with Crippen molar-refractivity contribution in [3.05, 3.63) is 143 Å². The molecule has 4 aliphatic heterocycles. The van der Waals surface area contributed by atoms with Gasteiger partial charge in [-0.15, -0.1) is 0 Å². The van der Waals surface area contributed by atoms with Crippen LogP contribution in [0, 0.1) is 0 Å². The molecule has 4 aromatic rings. The van der Waals surface area contributed by atoms with Crippen molar-refractivity contribution < 1.29 is 57.7 Å². The zero-order valence-corrected chi connectivity index (χ0v) is 30.1. The van der Waals surface area contributed by atoms with E-state index in [4.69, 9.17) is 37.9 Å². The standard InChI is InChI=1S/C42H43NO12/c1-48-41-32(43-38(46)28-19-11-12-20-29(28)39(43)47)37(50-22-26-15-7-3-8-16-26)36(30(52-41)23-49-21-25-13-5-2-6-14-25)55-42-34(45)33(44)35-31(53-42)24-51-40(54-35)27-17-9-4-10-18-27/h2-20,30-37,40-42,44-45H,21-24H2,1H3/t30-,31-,32-,33-,34-,35+,36-,37-,40+,41-,42+/m1/s1. The largest absolute Gasteiger partial charge is 0.387 e. The Morgan fingerprint density at radius 2 is 1.29 bits per heavy atom. The molecule has 0 unspecified atom stereocenters. The molecule has 4 aromatic carbocycles. The Labute approximate surface area is 318 Å². The Morgan fingerprint density at radius 1 is 0.691 bits per heavy atom. The van der Waals surface area contributed by atoms with Crippen molar-refractivity contribution in [1.82, 2.24) is 4.90 Å². The number of ether oxygens (including phenoxy) is 8. The summed E-state index contributed by atoms with van der Waals surface area (Å²) in [6.45, 7) is 0.297. The number of nitrogens with zero attached hydrogens (tertiary/aromatic N) is 1. The molecule has 55 heavy (non-hydrogen) atoms. The first-order chi connectivity index (χ1) is 26.9. The van der Waals surface area contributed by atoms with Crippen molar-refractivity contribution in [2.45, 2.75) is 80.9 Å². The Morgan fingerprint density at radius 3 is 1.93 bits per heavy atom. The highest BCUT2D eigenvalue weighted by Crippen LogP contribution is 2.39. The fourth-order valence-electron chi connectivity index (χ4n) is 7.58. The number of methoxy groups -OCH3 is 1. The van der Waals surface area contributed by atoms with Gasteiger partial charge in [-0.1, -0.05) is 103 Å². The molecule has 0 radical (unpaired) electrons. The van der Waals surface area contributed by atoms with E-state index in [0.29, 0.717) is 0 Å². The van der Waals surface area contributed by atoms with Gasteiger partial charge in [-0.2, -0.15) is 0 Å². The normalized spacial score (nSPS) is 31.9. The molecule has 3 fully saturated rings. The zero-order valence-electron chi connectivity index (χ0n) is 30.1. The molecule has 8 rings (SSSR count). The Balaban J connectivity index is 1.11. The van der Waals surface area contributed by atoms with E-state index in [2.05, 4.69) is 0 Å². The number of aliphatic hydroxyl groups is 2. The van der Waals surface area contributed by atoms with Crippen LogP contribution in [0.25, 0.3) is 0 Å². The third-order valence-corrected chi connectivity index (χ3v) is 10.3. The number of hydrogen-bond acceptors (Lipinski definition) is 12. The molecule has 13 heteroatoms. The molecule has 3 saturated heterocycles. The van der Waals surface area contributed by atoms with Crippen LogP contribution >= 0.6 is 0 Å². The van der Waals surface area contributed by atoms with Gasteiger partial charge in [0.05, 0.1) is 37.6 Å². The van der Waals surface area contributed by atoms with Crippen LogP contribution < -0.4 is 0 Å². The van der Waals surface area contributed by atoms with E-state index in [1.165, 1.54) is 7.11 Å². The lowest BCUT2D eigenvalue weighted by Crippen LogP contribution is -2.69. The highest BCUT2D eigenvalue weighted by Gasteiger charge is 2.57. The van der Waals surface area contributed by atoms with E-state index < -0.39 is 79.5 Å². The van der Waals surface area contributed by atoms with E-state index in [-0.39, 0.29) is 37.6 Å². The maximum Gasteiger partial charge on any atom is 0.262 e. The fraction of sp³-hybridized carbons (Fsp3) is 0.381.